The minimum atomic E-state index is -0.183. The SMILES string of the molecule is O=C(Cn1ccnc1)Nc1ccc(C=CC(=O)N2CC=C(c3ccccc3)CC2)cn1. The molecule has 0 unspecified atom stereocenters. The normalized spacial score (nSPS) is 13.8. The molecule has 0 fully saturated rings. The number of carbonyl (C=O) groups is 2. The maximum atomic E-state index is 12.5. The van der Waals surface area contributed by atoms with Crippen LogP contribution in [0.25, 0.3) is 11.6 Å². The predicted octanol–water partition coefficient (Wildman–Crippen LogP) is 3.25. The number of amides is 2. The Morgan fingerprint density at radius 3 is 2.68 bits per heavy atom. The van der Waals surface area contributed by atoms with Crippen LogP contribution in [0.1, 0.15) is 17.5 Å². The number of hydrogen-bond acceptors (Lipinski definition) is 4. The van der Waals surface area contributed by atoms with Crippen LogP contribution in [0, 0.1) is 0 Å². The Morgan fingerprint density at radius 2 is 2.00 bits per heavy atom. The zero-order valence-electron chi connectivity index (χ0n) is 17.0. The van der Waals surface area contributed by atoms with Crippen molar-refractivity contribution in [2.24, 2.45) is 0 Å². The molecule has 7 nitrogen and oxygen atoms in total. The zero-order valence-corrected chi connectivity index (χ0v) is 17.0. The van der Waals surface area contributed by atoms with Crippen molar-refractivity contribution in [3.8, 4) is 0 Å². The molecule has 3 heterocycles. The molecule has 0 saturated heterocycles. The van der Waals surface area contributed by atoms with Gasteiger partial charge >= 0.3 is 0 Å². The molecule has 0 spiro atoms. The Bertz CT molecular complexity index is 1090. The monoisotopic (exact) mass is 413 g/mol. The number of rotatable bonds is 6. The van der Waals surface area contributed by atoms with Gasteiger partial charge in [-0.05, 0) is 41.3 Å². The van der Waals surface area contributed by atoms with Crippen LogP contribution in [0.5, 0.6) is 0 Å². The van der Waals surface area contributed by atoms with E-state index < -0.39 is 0 Å². The second-order valence-corrected chi connectivity index (χ2v) is 7.22. The van der Waals surface area contributed by atoms with E-state index in [1.807, 2.05) is 29.2 Å². The highest BCUT2D eigenvalue weighted by molar-refractivity contribution is 5.92. The summed E-state index contributed by atoms with van der Waals surface area (Å²) in [4.78, 5) is 34.5. The lowest BCUT2D eigenvalue weighted by atomic mass is 9.99. The minimum absolute atomic E-state index is 0.0268. The van der Waals surface area contributed by atoms with E-state index in [9.17, 15) is 9.59 Å². The smallest absolute Gasteiger partial charge is 0.246 e. The molecule has 7 heteroatoms. The summed E-state index contributed by atoms with van der Waals surface area (Å²) in [5.74, 6) is 0.251. The quantitative estimate of drug-likeness (QED) is 0.629. The summed E-state index contributed by atoms with van der Waals surface area (Å²) >= 11 is 0. The number of carbonyl (C=O) groups excluding carboxylic acids is 2. The second kappa shape index (κ2) is 9.67. The van der Waals surface area contributed by atoms with E-state index in [0.29, 0.717) is 18.9 Å². The molecule has 2 amide bonds. The summed E-state index contributed by atoms with van der Waals surface area (Å²) in [5, 5.41) is 2.74. The van der Waals surface area contributed by atoms with Crippen molar-refractivity contribution in [2.75, 3.05) is 18.4 Å². The largest absolute Gasteiger partial charge is 0.335 e. The molecule has 1 N–H and O–H groups in total. The summed E-state index contributed by atoms with van der Waals surface area (Å²) in [7, 11) is 0. The number of imidazole rings is 1. The maximum absolute atomic E-state index is 12.5. The fourth-order valence-corrected chi connectivity index (χ4v) is 3.36. The molecule has 156 valence electrons. The van der Waals surface area contributed by atoms with E-state index in [0.717, 1.165) is 12.0 Å². The first-order chi connectivity index (χ1) is 15.2. The fourth-order valence-electron chi connectivity index (χ4n) is 3.36. The van der Waals surface area contributed by atoms with Crippen LogP contribution in [0.2, 0.25) is 0 Å². The molecule has 0 bridgehead atoms. The van der Waals surface area contributed by atoms with Gasteiger partial charge in [-0.1, -0.05) is 36.4 Å². The van der Waals surface area contributed by atoms with E-state index in [-0.39, 0.29) is 18.4 Å². The van der Waals surface area contributed by atoms with E-state index in [1.54, 1.807) is 47.7 Å². The third-order valence-corrected chi connectivity index (χ3v) is 5.02. The number of aromatic nitrogens is 3. The van der Waals surface area contributed by atoms with Crippen molar-refractivity contribution in [2.45, 2.75) is 13.0 Å². The molecule has 1 aromatic carbocycles. The van der Waals surface area contributed by atoms with Crippen LogP contribution in [0.4, 0.5) is 5.82 Å². The summed E-state index contributed by atoms with van der Waals surface area (Å²) in [6.07, 6.45) is 12.8. The standard InChI is InChI=1S/C24H23N5O2/c30-23(17-28-15-12-25-18-28)27-22-8-6-19(16-26-22)7-9-24(31)29-13-10-21(11-14-29)20-4-2-1-3-5-20/h1-10,12,15-16,18H,11,13-14,17H2,(H,26,27,30). The van der Waals surface area contributed by atoms with E-state index in [2.05, 4.69) is 33.5 Å². The number of anilines is 1. The van der Waals surface area contributed by atoms with Crippen LogP contribution < -0.4 is 5.32 Å². The van der Waals surface area contributed by atoms with Crippen molar-refractivity contribution in [1.82, 2.24) is 19.4 Å². The first-order valence-corrected chi connectivity index (χ1v) is 10.1. The van der Waals surface area contributed by atoms with Crippen molar-refractivity contribution in [3.63, 3.8) is 0 Å². The second-order valence-electron chi connectivity index (χ2n) is 7.22. The summed E-state index contributed by atoms with van der Waals surface area (Å²) in [6.45, 7) is 1.48. The average Bonchev–Trinajstić information content (AvgIpc) is 3.32. The Labute approximate surface area is 180 Å². The number of nitrogens with zero attached hydrogens (tertiary/aromatic N) is 4. The van der Waals surface area contributed by atoms with E-state index in [1.165, 1.54) is 11.1 Å². The van der Waals surface area contributed by atoms with Crippen molar-refractivity contribution in [1.29, 1.82) is 0 Å². The van der Waals surface area contributed by atoms with Crippen LogP contribution >= 0.6 is 0 Å². The van der Waals surface area contributed by atoms with Gasteiger partial charge in [-0.2, -0.15) is 0 Å². The van der Waals surface area contributed by atoms with Gasteiger partial charge < -0.3 is 14.8 Å². The molecule has 2 aromatic heterocycles. The highest BCUT2D eigenvalue weighted by Crippen LogP contribution is 2.22. The third-order valence-electron chi connectivity index (χ3n) is 5.02. The summed E-state index contributed by atoms with van der Waals surface area (Å²) < 4.78 is 1.68. The highest BCUT2D eigenvalue weighted by atomic mass is 16.2. The van der Waals surface area contributed by atoms with Crippen molar-refractivity contribution in [3.05, 3.63) is 90.7 Å². The number of benzene rings is 1. The zero-order chi connectivity index (χ0) is 21.5. The van der Waals surface area contributed by atoms with Crippen LogP contribution in [-0.4, -0.2) is 44.3 Å². The van der Waals surface area contributed by atoms with Crippen molar-refractivity contribution < 1.29 is 9.59 Å². The molecule has 0 aliphatic carbocycles. The van der Waals surface area contributed by atoms with Crippen LogP contribution in [0.3, 0.4) is 0 Å². The molecule has 0 saturated carbocycles. The number of nitrogens with one attached hydrogen (secondary N) is 1. The van der Waals surface area contributed by atoms with Gasteiger partial charge in [-0.3, -0.25) is 9.59 Å². The van der Waals surface area contributed by atoms with Crippen molar-refractivity contribution >= 4 is 29.3 Å². The van der Waals surface area contributed by atoms with Gasteiger partial charge in [-0.15, -0.1) is 0 Å². The number of pyridine rings is 1. The topological polar surface area (TPSA) is 80.1 Å². The lowest BCUT2D eigenvalue weighted by Gasteiger charge is -2.25. The van der Waals surface area contributed by atoms with E-state index >= 15 is 0 Å². The molecule has 1 aliphatic heterocycles. The molecule has 4 rings (SSSR count). The van der Waals surface area contributed by atoms with Crippen LogP contribution in [0.15, 0.2) is 79.5 Å². The fraction of sp³-hybridized carbons (Fsp3) is 0.167. The first-order valence-electron chi connectivity index (χ1n) is 10.1. The van der Waals surface area contributed by atoms with Gasteiger partial charge in [0.15, 0.2) is 0 Å². The molecule has 3 aromatic rings. The van der Waals surface area contributed by atoms with Crippen LogP contribution in [-0.2, 0) is 16.1 Å². The predicted molar refractivity (Wildman–Crippen MR) is 120 cm³/mol. The molecule has 0 atom stereocenters. The minimum Gasteiger partial charge on any atom is -0.335 e. The van der Waals surface area contributed by atoms with Gasteiger partial charge in [-0.25, -0.2) is 9.97 Å². The Hall–Kier alpha value is -4.00. The molecule has 31 heavy (non-hydrogen) atoms. The molecule has 0 radical (unpaired) electrons. The van der Waals surface area contributed by atoms with E-state index in [4.69, 9.17) is 0 Å². The first kappa shape index (κ1) is 20.3. The summed E-state index contributed by atoms with van der Waals surface area (Å²) in [5.41, 5.74) is 3.29. The molecular formula is C24H23N5O2. The summed E-state index contributed by atoms with van der Waals surface area (Å²) in [6, 6.07) is 13.8. The lowest BCUT2D eigenvalue weighted by molar-refractivity contribution is -0.125. The third kappa shape index (κ3) is 5.54. The Kier molecular flexibility index (Phi) is 6.32. The highest BCUT2D eigenvalue weighted by Gasteiger charge is 2.15. The van der Waals surface area contributed by atoms with Gasteiger partial charge in [0.2, 0.25) is 11.8 Å². The van der Waals surface area contributed by atoms with Gasteiger partial charge in [0.05, 0.1) is 6.33 Å². The Balaban J connectivity index is 1.29. The molecular weight excluding hydrogens is 390 g/mol. The van der Waals surface area contributed by atoms with Gasteiger partial charge in [0.25, 0.3) is 0 Å². The number of hydrogen-bond donors (Lipinski definition) is 1. The molecule has 1 aliphatic rings. The Morgan fingerprint density at radius 1 is 1.13 bits per heavy atom. The average molecular weight is 413 g/mol. The van der Waals surface area contributed by atoms with Gasteiger partial charge in [0, 0.05) is 37.8 Å². The van der Waals surface area contributed by atoms with Gasteiger partial charge in [0.1, 0.15) is 12.4 Å². The maximum Gasteiger partial charge on any atom is 0.246 e. The lowest BCUT2D eigenvalue weighted by Crippen LogP contribution is -2.33.